The van der Waals surface area contributed by atoms with E-state index in [1.165, 1.54) is 0 Å². The molecule has 0 aromatic rings. The van der Waals surface area contributed by atoms with Crippen LogP contribution < -0.4 is 5.32 Å². The summed E-state index contributed by atoms with van der Waals surface area (Å²) in [7, 11) is 1.76. The Hall–Kier alpha value is -1.08. The van der Waals surface area contributed by atoms with Crippen molar-refractivity contribution in [1.82, 2.24) is 10.2 Å². The Morgan fingerprint density at radius 1 is 1.50 bits per heavy atom. The first-order valence-electron chi connectivity index (χ1n) is 6.43. The Morgan fingerprint density at radius 3 is 2.60 bits per heavy atom. The first kappa shape index (κ1) is 17.0. The summed E-state index contributed by atoms with van der Waals surface area (Å²) < 4.78 is 11.5. The van der Waals surface area contributed by atoms with E-state index in [4.69, 9.17) is 14.9 Å². The Bertz CT molecular complexity index is 398. The van der Waals surface area contributed by atoms with Crippen LogP contribution in [0.4, 0.5) is 4.79 Å². The van der Waals surface area contributed by atoms with Crippen LogP contribution in [0.15, 0.2) is 10.7 Å². The third kappa shape index (κ3) is 5.50. The van der Waals surface area contributed by atoms with Gasteiger partial charge < -0.3 is 25.1 Å². The minimum atomic E-state index is -0.478. The number of ether oxygens (including phenoxy) is 2. The van der Waals surface area contributed by atoms with E-state index >= 15 is 0 Å². The van der Waals surface area contributed by atoms with Crippen molar-refractivity contribution in [2.45, 2.75) is 32.5 Å². The van der Waals surface area contributed by atoms with Crippen LogP contribution in [0.5, 0.6) is 0 Å². The lowest BCUT2D eigenvalue weighted by atomic mass is 10.1. The van der Waals surface area contributed by atoms with E-state index in [-0.39, 0.29) is 18.8 Å². The minimum Gasteiger partial charge on any atom is -0.444 e. The number of likely N-dealkylation sites (tertiary alicyclic amines) is 1. The fraction of sp³-hybridized carbons (Fsp3) is 0.692. The molecule has 0 unspecified atom stereocenters. The predicted octanol–water partition coefficient (Wildman–Crippen LogP) is 2.10. The molecule has 114 valence electrons. The van der Waals surface area contributed by atoms with Crippen molar-refractivity contribution < 1.29 is 14.3 Å². The number of hydrogen-bond acceptors (Lipinski definition) is 5. The summed E-state index contributed by atoms with van der Waals surface area (Å²) in [6, 6.07) is 0. The number of carbonyl (C=O) groups excluding carboxylic acids is 1. The van der Waals surface area contributed by atoms with Crippen LogP contribution in [0.25, 0.3) is 0 Å². The molecule has 1 saturated heterocycles. The number of nitrogens with zero attached hydrogens (tertiary/aromatic N) is 1. The molecule has 0 atom stereocenters. The van der Waals surface area contributed by atoms with Crippen molar-refractivity contribution in [3.63, 3.8) is 0 Å². The SMILES string of the molecule is CN/C=C(/Br)C(=N)COC1CN(C(=O)OC(C)(C)C)C1. The van der Waals surface area contributed by atoms with Crippen LogP contribution in [0, 0.1) is 5.41 Å². The van der Waals surface area contributed by atoms with Gasteiger partial charge in [0.15, 0.2) is 0 Å². The number of halogens is 1. The zero-order chi connectivity index (χ0) is 15.3. The van der Waals surface area contributed by atoms with E-state index in [1.54, 1.807) is 18.1 Å². The summed E-state index contributed by atoms with van der Waals surface area (Å²) in [5.41, 5.74) is -0.122. The highest BCUT2D eigenvalue weighted by atomic mass is 79.9. The van der Waals surface area contributed by atoms with E-state index in [9.17, 15) is 4.79 Å². The second-order valence-corrected chi connectivity index (χ2v) is 6.43. The van der Waals surface area contributed by atoms with Crippen molar-refractivity contribution >= 4 is 27.7 Å². The topological polar surface area (TPSA) is 74.7 Å². The molecule has 0 aromatic heterocycles. The van der Waals surface area contributed by atoms with Crippen molar-refractivity contribution in [1.29, 1.82) is 5.41 Å². The van der Waals surface area contributed by atoms with Gasteiger partial charge >= 0.3 is 6.09 Å². The summed E-state index contributed by atoms with van der Waals surface area (Å²) in [6.45, 7) is 6.75. The normalized spacial score (nSPS) is 16.6. The van der Waals surface area contributed by atoms with Gasteiger partial charge in [-0.1, -0.05) is 0 Å². The maximum atomic E-state index is 11.7. The molecule has 0 aliphatic carbocycles. The lowest BCUT2D eigenvalue weighted by molar-refractivity contribution is -0.0532. The van der Waals surface area contributed by atoms with Gasteiger partial charge in [0.05, 0.1) is 36.0 Å². The van der Waals surface area contributed by atoms with Gasteiger partial charge in [-0.05, 0) is 36.7 Å². The second kappa shape index (κ2) is 7.08. The Balaban J connectivity index is 2.24. The molecule has 6 nitrogen and oxygen atoms in total. The van der Waals surface area contributed by atoms with Crippen LogP contribution >= 0.6 is 15.9 Å². The van der Waals surface area contributed by atoms with Crippen molar-refractivity contribution in [2.24, 2.45) is 0 Å². The average Bonchev–Trinajstić information content (AvgIpc) is 2.24. The Kier molecular flexibility index (Phi) is 6.01. The standard InChI is InChI=1S/C13H22BrN3O3/c1-13(2,3)20-12(18)17-6-9(7-17)19-8-11(15)10(14)5-16-4/h5,9,15-16H,6-8H2,1-4H3/b10-5+,15-11?. The summed E-state index contributed by atoms with van der Waals surface area (Å²) in [6.07, 6.45) is 1.33. The maximum absolute atomic E-state index is 11.7. The molecule has 1 amide bonds. The molecule has 1 aliphatic rings. The molecule has 0 aromatic carbocycles. The molecule has 2 N–H and O–H groups in total. The van der Waals surface area contributed by atoms with Crippen LogP contribution in [0.3, 0.4) is 0 Å². The molecule has 1 heterocycles. The molecule has 0 saturated carbocycles. The van der Waals surface area contributed by atoms with Gasteiger partial charge in [-0.15, -0.1) is 0 Å². The predicted molar refractivity (Wildman–Crippen MR) is 81.3 cm³/mol. The van der Waals surface area contributed by atoms with Gasteiger partial charge in [0.25, 0.3) is 0 Å². The van der Waals surface area contributed by atoms with Crippen LogP contribution in [0.1, 0.15) is 20.8 Å². The first-order valence-corrected chi connectivity index (χ1v) is 7.22. The van der Waals surface area contributed by atoms with Gasteiger partial charge in [0.2, 0.25) is 0 Å². The van der Waals surface area contributed by atoms with E-state index in [1.807, 2.05) is 20.8 Å². The molecule has 0 bridgehead atoms. The Labute approximate surface area is 128 Å². The van der Waals surface area contributed by atoms with Gasteiger partial charge in [0.1, 0.15) is 5.60 Å². The lowest BCUT2D eigenvalue weighted by Gasteiger charge is -2.39. The summed E-state index contributed by atoms with van der Waals surface area (Å²) in [4.78, 5) is 13.3. The smallest absolute Gasteiger partial charge is 0.410 e. The summed E-state index contributed by atoms with van der Waals surface area (Å²) in [5.74, 6) is 0. The van der Waals surface area contributed by atoms with Crippen molar-refractivity contribution in [2.75, 3.05) is 26.7 Å². The summed E-state index contributed by atoms with van der Waals surface area (Å²) >= 11 is 3.27. The monoisotopic (exact) mass is 347 g/mol. The second-order valence-electron chi connectivity index (χ2n) is 5.58. The van der Waals surface area contributed by atoms with Gasteiger partial charge in [0, 0.05) is 13.2 Å². The molecular formula is C13H22BrN3O3. The number of carbonyl (C=O) groups is 1. The van der Waals surface area contributed by atoms with E-state index in [0.29, 0.717) is 23.3 Å². The largest absolute Gasteiger partial charge is 0.444 e. The highest BCUT2D eigenvalue weighted by molar-refractivity contribution is 9.12. The molecule has 0 radical (unpaired) electrons. The van der Waals surface area contributed by atoms with Crippen molar-refractivity contribution in [3.8, 4) is 0 Å². The average molecular weight is 348 g/mol. The molecule has 1 fully saturated rings. The number of amides is 1. The minimum absolute atomic E-state index is 0.0299. The van der Waals surface area contributed by atoms with E-state index < -0.39 is 5.60 Å². The first-order chi connectivity index (χ1) is 9.23. The molecule has 20 heavy (non-hydrogen) atoms. The van der Waals surface area contributed by atoms with Crippen LogP contribution in [0.2, 0.25) is 0 Å². The molecule has 1 rings (SSSR count). The third-order valence-electron chi connectivity index (χ3n) is 2.52. The molecular weight excluding hydrogens is 326 g/mol. The van der Waals surface area contributed by atoms with Crippen LogP contribution in [-0.2, 0) is 9.47 Å². The highest BCUT2D eigenvalue weighted by Crippen LogP contribution is 2.17. The van der Waals surface area contributed by atoms with E-state index in [2.05, 4.69) is 21.2 Å². The van der Waals surface area contributed by atoms with Crippen LogP contribution in [-0.4, -0.2) is 55.2 Å². The van der Waals surface area contributed by atoms with Gasteiger partial charge in [-0.2, -0.15) is 0 Å². The Morgan fingerprint density at radius 2 is 2.10 bits per heavy atom. The van der Waals surface area contributed by atoms with Crippen molar-refractivity contribution in [3.05, 3.63) is 10.7 Å². The quantitative estimate of drug-likeness (QED) is 0.746. The molecule has 7 heteroatoms. The zero-order valence-electron chi connectivity index (χ0n) is 12.3. The zero-order valence-corrected chi connectivity index (χ0v) is 13.9. The molecule has 1 aliphatic heterocycles. The molecule has 0 spiro atoms. The maximum Gasteiger partial charge on any atom is 0.410 e. The number of nitrogens with one attached hydrogen (secondary N) is 2. The number of rotatable bonds is 5. The fourth-order valence-electron chi connectivity index (χ4n) is 1.50. The lowest BCUT2D eigenvalue weighted by Crippen LogP contribution is -2.56. The van der Waals surface area contributed by atoms with E-state index in [0.717, 1.165) is 0 Å². The summed E-state index contributed by atoms with van der Waals surface area (Å²) in [5, 5.41) is 10.6. The van der Waals surface area contributed by atoms with Gasteiger partial charge in [-0.3, -0.25) is 0 Å². The third-order valence-corrected chi connectivity index (χ3v) is 3.23. The fourth-order valence-corrected chi connectivity index (χ4v) is 1.85. The highest BCUT2D eigenvalue weighted by Gasteiger charge is 2.34. The van der Waals surface area contributed by atoms with Gasteiger partial charge in [-0.25, -0.2) is 4.79 Å². The number of hydrogen-bond donors (Lipinski definition) is 2.